The Morgan fingerprint density at radius 3 is 1.77 bits per heavy atom. The molecule has 26 heavy (non-hydrogen) atoms. The van der Waals surface area contributed by atoms with Crippen LogP contribution in [0.25, 0.3) is 0 Å². The smallest absolute Gasteiger partial charge is 0.161 e. The molecule has 0 aliphatic heterocycles. The first-order chi connectivity index (χ1) is 11.5. The Hall–Kier alpha value is -0.160. The van der Waals surface area contributed by atoms with Gasteiger partial charge in [-0.15, -0.1) is 0 Å². The Morgan fingerprint density at radius 2 is 1.38 bits per heavy atom. The Bertz CT molecular complexity index is 539. The van der Waals surface area contributed by atoms with E-state index < -0.39 is 28.5 Å². The van der Waals surface area contributed by atoms with Crippen LogP contribution in [0.15, 0.2) is 0 Å². The third-order valence-corrected chi connectivity index (χ3v) is 7.48. The molecule has 152 valence electrons. The zero-order valence-corrected chi connectivity index (χ0v) is 17.9. The first-order valence-corrected chi connectivity index (χ1v) is 10.3. The van der Waals surface area contributed by atoms with Crippen molar-refractivity contribution in [1.29, 1.82) is 0 Å². The van der Waals surface area contributed by atoms with Crippen molar-refractivity contribution in [2.24, 2.45) is 22.2 Å². The third-order valence-electron chi connectivity index (χ3n) is 7.48. The lowest BCUT2D eigenvalue weighted by Gasteiger charge is -2.63. The van der Waals surface area contributed by atoms with Gasteiger partial charge in [-0.05, 0) is 42.4 Å². The van der Waals surface area contributed by atoms with E-state index in [0.717, 1.165) is 25.7 Å². The normalized spacial score (nSPS) is 43.4. The van der Waals surface area contributed by atoms with Gasteiger partial charge in [0.05, 0.1) is 16.8 Å². The summed E-state index contributed by atoms with van der Waals surface area (Å²) in [5.41, 5.74) is -2.79. The molecule has 0 aromatic heterocycles. The fourth-order valence-electron chi connectivity index (χ4n) is 6.57. The molecule has 4 unspecified atom stereocenters. The van der Waals surface area contributed by atoms with Gasteiger partial charge < -0.3 is 20.1 Å². The molecule has 0 radical (unpaired) electrons. The van der Waals surface area contributed by atoms with Crippen LogP contribution in [0.2, 0.25) is 0 Å². The lowest BCUT2D eigenvalue weighted by Crippen LogP contribution is -2.68. The van der Waals surface area contributed by atoms with Crippen molar-refractivity contribution in [3.05, 3.63) is 0 Å². The molecule has 4 nitrogen and oxygen atoms in total. The van der Waals surface area contributed by atoms with Crippen molar-refractivity contribution in [1.82, 2.24) is 0 Å². The fraction of sp³-hybridized carbons (Fsp3) is 1.00. The van der Waals surface area contributed by atoms with E-state index in [2.05, 4.69) is 48.5 Å². The molecular formula is C22H40O4. The predicted octanol–water partition coefficient (Wildman–Crippen LogP) is 4.01. The van der Waals surface area contributed by atoms with Crippen LogP contribution in [0.1, 0.15) is 93.4 Å². The molecule has 0 heterocycles. The maximum absolute atomic E-state index is 11.3. The molecular weight excluding hydrogens is 328 g/mol. The molecule has 0 aromatic carbocycles. The summed E-state index contributed by atoms with van der Waals surface area (Å²) >= 11 is 0. The van der Waals surface area contributed by atoms with Crippen molar-refractivity contribution in [3.63, 3.8) is 0 Å². The van der Waals surface area contributed by atoms with Gasteiger partial charge in [-0.25, -0.2) is 0 Å². The van der Waals surface area contributed by atoms with E-state index in [4.69, 9.17) is 4.74 Å². The predicted molar refractivity (Wildman–Crippen MR) is 103 cm³/mol. The summed E-state index contributed by atoms with van der Waals surface area (Å²) in [6.07, 6.45) is 3.78. The van der Waals surface area contributed by atoms with E-state index in [-0.39, 0.29) is 16.7 Å². The second-order valence-electron chi connectivity index (χ2n) is 12.5. The molecule has 4 fully saturated rings. The molecule has 4 rings (SSSR count). The highest BCUT2D eigenvalue weighted by Gasteiger charge is 2.64. The summed E-state index contributed by atoms with van der Waals surface area (Å²) in [6.45, 7) is 15.2. The number of ether oxygens (including phenoxy) is 1. The molecule has 0 saturated heterocycles. The topological polar surface area (TPSA) is 69.9 Å². The first kappa shape index (κ1) is 20.6. The van der Waals surface area contributed by atoms with Gasteiger partial charge in [0.25, 0.3) is 0 Å². The second kappa shape index (κ2) is 5.68. The zero-order chi connectivity index (χ0) is 19.8. The summed E-state index contributed by atoms with van der Waals surface area (Å²) < 4.78 is 6.45. The van der Waals surface area contributed by atoms with Crippen LogP contribution in [0, 0.1) is 22.2 Å². The lowest BCUT2D eigenvalue weighted by molar-refractivity contribution is -0.328. The van der Waals surface area contributed by atoms with Crippen LogP contribution in [0.4, 0.5) is 0 Å². The Morgan fingerprint density at radius 1 is 0.885 bits per heavy atom. The molecule has 0 aromatic rings. The molecule has 4 saturated carbocycles. The minimum absolute atomic E-state index is 0.0598. The van der Waals surface area contributed by atoms with Crippen LogP contribution in [-0.2, 0) is 4.74 Å². The van der Waals surface area contributed by atoms with E-state index in [1.54, 1.807) is 0 Å². The quantitative estimate of drug-likeness (QED) is 0.656. The van der Waals surface area contributed by atoms with Crippen LogP contribution in [0.3, 0.4) is 0 Å². The summed E-state index contributed by atoms with van der Waals surface area (Å²) in [5, 5.41) is 33.3. The summed E-state index contributed by atoms with van der Waals surface area (Å²) in [4.78, 5) is 0. The average Bonchev–Trinajstić information content (AvgIpc) is 2.29. The van der Waals surface area contributed by atoms with E-state index in [0.29, 0.717) is 19.3 Å². The summed E-state index contributed by atoms with van der Waals surface area (Å²) in [7, 11) is 0. The van der Waals surface area contributed by atoms with Crippen LogP contribution < -0.4 is 0 Å². The van der Waals surface area contributed by atoms with Gasteiger partial charge in [-0.2, -0.15) is 0 Å². The number of aliphatic hydroxyl groups excluding tert-OH is 1. The van der Waals surface area contributed by atoms with Crippen molar-refractivity contribution < 1.29 is 20.1 Å². The van der Waals surface area contributed by atoms with E-state index in [9.17, 15) is 15.3 Å². The highest BCUT2D eigenvalue weighted by molar-refractivity contribution is 5.16. The molecule has 4 aliphatic rings. The van der Waals surface area contributed by atoms with E-state index >= 15 is 0 Å². The third kappa shape index (κ3) is 3.59. The molecule has 4 aliphatic carbocycles. The SMILES string of the molecule is CC(C)(C)CC(C)(C(O)OC12CC3CC(O)(CC(O)(C3)C1)C2)C(C)(C)C. The average molecular weight is 369 g/mol. The number of rotatable bonds is 4. The summed E-state index contributed by atoms with van der Waals surface area (Å²) in [5.74, 6) is 0.289. The highest BCUT2D eigenvalue weighted by atomic mass is 16.6. The molecule has 0 spiro atoms. The van der Waals surface area contributed by atoms with E-state index in [1.807, 2.05) is 0 Å². The van der Waals surface area contributed by atoms with Crippen molar-refractivity contribution in [3.8, 4) is 0 Å². The zero-order valence-electron chi connectivity index (χ0n) is 17.9. The lowest BCUT2D eigenvalue weighted by atomic mass is 9.50. The number of aliphatic hydroxyl groups is 3. The van der Waals surface area contributed by atoms with Crippen molar-refractivity contribution >= 4 is 0 Å². The first-order valence-electron chi connectivity index (χ1n) is 10.3. The van der Waals surface area contributed by atoms with Gasteiger partial charge in [-0.1, -0.05) is 48.5 Å². The standard InChI is InChI=1S/C22H40O4/c1-17(2,3)11-19(7,18(4,5)6)16(23)26-22-10-15-8-20(24,13-22)12-21(25,9-15)14-22/h15-16,23-25H,8-14H2,1-7H3. The fourth-order valence-corrected chi connectivity index (χ4v) is 6.57. The summed E-state index contributed by atoms with van der Waals surface area (Å²) in [6, 6.07) is 0. The molecule has 4 heteroatoms. The highest BCUT2D eigenvalue weighted by Crippen LogP contribution is 2.61. The number of hydrogen-bond acceptors (Lipinski definition) is 4. The molecule has 4 atom stereocenters. The minimum Gasteiger partial charge on any atom is -0.390 e. The molecule has 0 amide bonds. The van der Waals surface area contributed by atoms with Gasteiger partial charge in [0, 0.05) is 24.7 Å². The number of hydrogen-bond donors (Lipinski definition) is 3. The van der Waals surface area contributed by atoms with Crippen LogP contribution >= 0.6 is 0 Å². The van der Waals surface area contributed by atoms with Gasteiger partial charge in [0.1, 0.15) is 0 Å². The van der Waals surface area contributed by atoms with Gasteiger partial charge in [0.2, 0.25) is 0 Å². The van der Waals surface area contributed by atoms with Crippen LogP contribution in [-0.4, -0.2) is 38.4 Å². The largest absolute Gasteiger partial charge is 0.390 e. The van der Waals surface area contributed by atoms with Gasteiger partial charge in [0.15, 0.2) is 6.29 Å². The maximum atomic E-state index is 11.3. The molecule has 4 bridgehead atoms. The van der Waals surface area contributed by atoms with Crippen LogP contribution in [0.5, 0.6) is 0 Å². The van der Waals surface area contributed by atoms with Gasteiger partial charge in [-0.3, -0.25) is 0 Å². The Balaban J connectivity index is 1.87. The van der Waals surface area contributed by atoms with Crippen molar-refractivity contribution in [2.75, 3.05) is 0 Å². The van der Waals surface area contributed by atoms with Crippen molar-refractivity contribution in [2.45, 2.75) is 117 Å². The Kier molecular flexibility index (Phi) is 4.50. The molecule has 3 N–H and O–H groups in total. The van der Waals surface area contributed by atoms with Gasteiger partial charge >= 0.3 is 0 Å². The monoisotopic (exact) mass is 368 g/mol. The Labute approximate surface area is 159 Å². The second-order valence-corrected chi connectivity index (χ2v) is 12.5. The maximum Gasteiger partial charge on any atom is 0.161 e. The van der Waals surface area contributed by atoms with E-state index in [1.165, 1.54) is 0 Å². The minimum atomic E-state index is -0.926.